The van der Waals surface area contributed by atoms with Gasteiger partial charge in [0.25, 0.3) is 5.91 Å². The Morgan fingerprint density at radius 3 is 2.70 bits per heavy atom. The van der Waals surface area contributed by atoms with Crippen LogP contribution in [0.4, 0.5) is 0 Å². The number of carbonyl (C=O) groups excluding carboxylic acids is 1. The number of piperidine rings is 1. The fourth-order valence-electron chi connectivity index (χ4n) is 3.27. The van der Waals surface area contributed by atoms with E-state index >= 15 is 0 Å². The van der Waals surface area contributed by atoms with E-state index in [0.717, 1.165) is 29.6 Å². The summed E-state index contributed by atoms with van der Waals surface area (Å²) < 4.78 is 0. The van der Waals surface area contributed by atoms with Gasteiger partial charge in [-0.25, -0.2) is 0 Å². The van der Waals surface area contributed by atoms with E-state index in [1.165, 1.54) is 6.42 Å². The average Bonchev–Trinajstić information content (AvgIpc) is 2.79. The molecule has 0 unspecified atom stereocenters. The second-order valence-corrected chi connectivity index (χ2v) is 6.28. The van der Waals surface area contributed by atoms with Crippen molar-refractivity contribution in [2.24, 2.45) is 11.8 Å². The molecule has 1 aromatic heterocycles. The summed E-state index contributed by atoms with van der Waals surface area (Å²) in [6, 6.07) is 6.04. The van der Waals surface area contributed by atoms with E-state index < -0.39 is 0 Å². The van der Waals surface area contributed by atoms with Crippen LogP contribution in [0.25, 0.3) is 10.9 Å². The van der Waals surface area contributed by atoms with Crippen LogP contribution in [0.5, 0.6) is 0 Å². The Kier molecular flexibility index (Phi) is 3.24. The van der Waals surface area contributed by atoms with Gasteiger partial charge >= 0.3 is 0 Å². The third kappa shape index (κ3) is 2.30. The van der Waals surface area contributed by atoms with E-state index in [2.05, 4.69) is 24.0 Å². The second kappa shape index (κ2) is 4.93. The molecule has 2 heterocycles. The zero-order chi connectivity index (χ0) is 14.3. The van der Waals surface area contributed by atoms with Crippen molar-refractivity contribution in [1.29, 1.82) is 0 Å². The zero-order valence-electron chi connectivity index (χ0n) is 12.3. The van der Waals surface area contributed by atoms with E-state index in [4.69, 9.17) is 0 Å². The van der Waals surface area contributed by atoms with Crippen molar-refractivity contribution in [3.8, 4) is 0 Å². The molecule has 0 aliphatic carbocycles. The smallest absolute Gasteiger partial charge is 0.275 e. The van der Waals surface area contributed by atoms with Gasteiger partial charge in [-0.2, -0.15) is 5.10 Å². The number of aryl methyl sites for hydroxylation is 1. The molecule has 20 heavy (non-hydrogen) atoms. The van der Waals surface area contributed by atoms with Crippen molar-refractivity contribution in [1.82, 2.24) is 15.1 Å². The van der Waals surface area contributed by atoms with Gasteiger partial charge in [-0.1, -0.05) is 25.5 Å². The number of aromatic nitrogens is 2. The number of fused-ring (bicyclic) bond motifs is 1. The predicted octanol–water partition coefficient (Wildman–Crippen LogP) is 2.99. The van der Waals surface area contributed by atoms with Crippen LogP contribution in [0.1, 0.15) is 36.3 Å². The normalized spacial score (nSPS) is 23.2. The molecule has 2 aromatic rings. The van der Waals surface area contributed by atoms with Gasteiger partial charge in [0.2, 0.25) is 0 Å². The quantitative estimate of drug-likeness (QED) is 0.866. The van der Waals surface area contributed by atoms with Crippen molar-refractivity contribution in [2.75, 3.05) is 13.1 Å². The number of rotatable bonds is 1. The van der Waals surface area contributed by atoms with E-state index in [1.54, 1.807) is 0 Å². The maximum Gasteiger partial charge on any atom is 0.275 e. The largest absolute Gasteiger partial charge is 0.337 e. The van der Waals surface area contributed by atoms with Gasteiger partial charge in [-0.15, -0.1) is 0 Å². The molecule has 0 radical (unpaired) electrons. The minimum absolute atomic E-state index is 0.0558. The van der Waals surface area contributed by atoms with Crippen LogP contribution in [0.2, 0.25) is 0 Å². The van der Waals surface area contributed by atoms with Gasteiger partial charge in [0.05, 0.1) is 5.52 Å². The first-order chi connectivity index (χ1) is 9.54. The summed E-state index contributed by atoms with van der Waals surface area (Å²) in [5.41, 5.74) is 2.63. The van der Waals surface area contributed by atoms with Crippen molar-refractivity contribution in [3.63, 3.8) is 0 Å². The fourth-order valence-corrected chi connectivity index (χ4v) is 3.27. The molecule has 2 atom stereocenters. The number of hydrogen-bond donors (Lipinski definition) is 1. The number of H-pyrrole nitrogens is 1. The van der Waals surface area contributed by atoms with Gasteiger partial charge < -0.3 is 4.90 Å². The first-order valence-corrected chi connectivity index (χ1v) is 7.28. The molecule has 0 spiro atoms. The van der Waals surface area contributed by atoms with Crippen LogP contribution >= 0.6 is 0 Å². The van der Waals surface area contributed by atoms with Crippen LogP contribution in [0.15, 0.2) is 18.2 Å². The summed E-state index contributed by atoms with van der Waals surface area (Å²) in [6.07, 6.45) is 1.20. The maximum absolute atomic E-state index is 12.7. The Hall–Kier alpha value is -1.84. The third-order valence-electron chi connectivity index (χ3n) is 4.08. The molecule has 4 heteroatoms. The number of amides is 1. The van der Waals surface area contributed by atoms with Gasteiger partial charge in [-0.3, -0.25) is 9.89 Å². The number of nitrogens with zero attached hydrogens (tertiary/aromatic N) is 2. The minimum Gasteiger partial charge on any atom is -0.337 e. The first-order valence-electron chi connectivity index (χ1n) is 7.28. The lowest BCUT2D eigenvalue weighted by molar-refractivity contribution is 0.0619. The lowest BCUT2D eigenvalue weighted by atomic mass is 9.91. The molecule has 3 rings (SSSR count). The summed E-state index contributed by atoms with van der Waals surface area (Å²) >= 11 is 0. The summed E-state index contributed by atoms with van der Waals surface area (Å²) in [4.78, 5) is 14.7. The minimum atomic E-state index is 0.0558. The van der Waals surface area contributed by atoms with E-state index in [0.29, 0.717) is 17.5 Å². The molecular weight excluding hydrogens is 250 g/mol. The highest BCUT2D eigenvalue weighted by Crippen LogP contribution is 2.24. The number of hydrogen-bond acceptors (Lipinski definition) is 2. The summed E-state index contributed by atoms with van der Waals surface area (Å²) in [7, 11) is 0. The molecule has 4 nitrogen and oxygen atoms in total. The molecule has 1 saturated heterocycles. The van der Waals surface area contributed by atoms with Crippen molar-refractivity contribution in [3.05, 3.63) is 29.5 Å². The van der Waals surface area contributed by atoms with Gasteiger partial charge in [0.1, 0.15) is 0 Å². The summed E-state index contributed by atoms with van der Waals surface area (Å²) in [5, 5.41) is 8.14. The molecule has 1 aliphatic rings. The van der Waals surface area contributed by atoms with Crippen LogP contribution in [-0.4, -0.2) is 34.1 Å². The molecular formula is C16H21N3O. The van der Waals surface area contributed by atoms with Gasteiger partial charge in [0.15, 0.2) is 5.69 Å². The van der Waals surface area contributed by atoms with Crippen molar-refractivity contribution >= 4 is 16.8 Å². The maximum atomic E-state index is 12.7. The SMILES string of the molecule is Cc1ccc2[nH]nc(C(=O)N3C[C@@H](C)C[C@H](C)C3)c2c1. The number of likely N-dealkylation sites (tertiary alicyclic amines) is 1. The number of benzene rings is 1. The molecule has 1 aliphatic heterocycles. The van der Waals surface area contributed by atoms with E-state index in [9.17, 15) is 4.79 Å². The topological polar surface area (TPSA) is 49.0 Å². The molecule has 1 aromatic carbocycles. The number of carbonyl (C=O) groups is 1. The highest BCUT2D eigenvalue weighted by Gasteiger charge is 2.28. The first kappa shape index (κ1) is 13.2. The number of aromatic amines is 1. The third-order valence-corrected chi connectivity index (χ3v) is 4.08. The average molecular weight is 271 g/mol. The summed E-state index contributed by atoms with van der Waals surface area (Å²) in [6.45, 7) is 8.13. The molecule has 1 amide bonds. The van der Waals surface area contributed by atoms with Crippen molar-refractivity contribution in [2.45, 2.75) is 27.2 Å². The Morgan fingerprint density at radius 1 is 1.30 bits per heavy atom. The van der Waals surface area contributed by atoms with Gasteiger partial charge in [0, 0.05) is 18.5 Å². The Morgan fingerprint density at radius 2 is 2.00 bits per heavy atom. The molecule has 1 fully saturated rings. The highest BCUT2D eigenvalue weighted by atomic mass is 16.2. The predicted molar refractivity (Wildman–Crippen MR) is 79.7 cm³/mol. The highest BCUT2D eigenvalue weighted by molar-refractivity contribution is 6.04. The van der Waals surface area contributed by atoms with Crippen LogP contribution < -0.4 is 0 Å². The lowest BCUT2D eigenvalue weighted by Crippen LogP contribution is -2.42. The van der Waals surface area contributed by atoms with Crippen LogP contribution in [0.3, 0.4) is 0 Å². The monoisotopic (exact) mass is 271 g/mol. The molecule has 0 bridgehead atoms. The summed E-state index contributed by atoms with van der Waals surface area (Å²) in [5.74, 6) is 1.18. The molecule has 0 saturated carbocycles. The van der Waals surface area contributed by atoms with Crippen LogP contribution in [0, 0.1) is 18.8 Å². The fraction of sp³-hybridized carbons (Fsp3) is 0.500. The Labute approximate surface area is 119 Å². The molecule has 106 valence electrons. The Bertz CT molecular complexity index is 636. The lowest BCUT2D eigenvalue weighted by Gasteiger charge is -2.34. The van der Waals surface area contributed by atoms with Crippen molar-refractivity contribution < 1.29 is 4.79 Å². The molecule has 1 N–H and O–H groups in total. The zero-order valence-corrected chi connectivity index (χ0v) is 12.3. The van der Waals surface area contributed by atoms with Gasteiger partial charge in [-0.05, 0) is 37.3 Å². The van der Waals surface area contributed by atoms with E-state index in [-0.39, 0.29) is 5.91 Å². The van der Waals surface area contributed by atoms with Crippen LogP contribution in [-0.2, 0) is 0 Å². The number of nitrogens with one attached hydrogen (secondary N) is 1. The second-order valence-electron chi connectivity index (χ2n) is 6.28. The Balaban J connectivity index is 1.94. The van der Waals surface area contributed by atoms with E-state index in [1.807, 2.05) is 30.0 Å². The standard InChI is InChI=1S/C16H21N3O/c1-10-4-5-14-13(7-10)15(18-17-14)16(20)19-8-11(2)6-12(3)9-19/h4-5,7,11-12H,6,8-9H2,1-3H3,(H,17,18)/t11-,12-/m0/s1.